The second kappa shape index (κ2) is 5.22. The maximum Gasteiger partial charge on any atom is 0.184 e. The van der Waals surface area contributed by atoms with Crippen LogP contribution in [0, 0.1) is 23.7 Å². The van der Waals surface area contributed by atoms with Crippen LogP contribution in [0.1, 0.15) is 40.5 Å². The van der Waals surface area contributed by atoms with Crippen molar-refractivity contribution in [3.8, 4) is 0 Å². The minimum atomic E-state index is -1.37. The molecule has 0 aliphatic heterocycles. The van der Waals surface area contributed by atoms with E-state index < -0.39 is 8.32 Å². The molecule has 3 unspecified atom stereocenters. The molecule has 96 valence electrons. The minimum absolute atomic E-state index is 0.541. The summed E-state index contributed by atoms with van der Waals surface area (Å²) in [5, 5.41) is 0. The first kappa shape index (κ1) is 14.2. The Kier molecular flexibility index (Phi) is 4.64. The summed E-state index contributed by atoms with van der Waals surface area (Å²) in [7, 11) is -1.37. The molecule has 0 spiro atoms. The zero-order chi connectivity index (χ0) is 12.5. The maximum absolute atomic E-state index is 6.39. The van der Waals surface area contributed by atoms with Gasteiger partial charge in [-0.1, -0.05) is 27.7 Å². The molecule has 0 radical (unpaired) electrons. The molecule has 0 amide bonds. The molecule has 0 saturated heterocycles. The number of hydrogen-bond acceptors (Lipinski definition) is 1. The molecule has 0 bridgehead atoms. The summed E-state index contributed by atoms with van der Waals surface area (Å²) in [5.74, 6) is 3.26. The van der Waals surface area contributed by atoms with E-state index in [-0.39, 0.29) is 0 Å². The zero-order valence-electron chi connectivity index (χ0n) is 12.2. The van der Waals surface area contributed by atoms with E-state index in [0.717, 1.165) is 23.7 Å². The summed E-state index contributed by atoms with van der Waals surface area (Å²) < 4.78 is 6.39. The Balaban J connectivity index is 2.66. The zero-order valence-corrected chi connectivity index (χ0v) is 13.2. The lowest BCUT2D eigenvalue weighted by Crippen LogP contribution is -2.35. The van der Waals surface area contributed by atoms with E-state index in [0.29, 0.717) is 6.10 Å². The van der Waals surface area contributed by atoms with E-state index in [4.69, 9.17) is 4.43 Å². The summed E-state index contributed by atoms with van der Waals surface area (Å²) in [5.41, 5.74) is 0. The molecule has 0 aromatic heterocycles. The fourth-order valence-corrected chi connectivity index (χ4v) is 4.09. The smallest absolute Gasteiger partial charge is 0.184 e. The van der Waals surface area contributed by atoms with Crippen LogP contribution in [0.4, 0.5) is 0 Å². The van der Waals surface area contributed by atoms with Crippen LogP contribution in [-0.4, -0.2) is 14.4 Å². The van der Waals surface area contributed by atoms with Gasteiger partial charge in [0.2, 0.25) is 0 Å². The fourth-order valence-electron chi connectivity index (χ4n) is 2.91. The molecule has 1 saturated carbocycles. The van der Waals surface area contributed by atoms with Gasteiger partial charge in [0, 0.05) is 6.10 Å². The quantitative estimate of drug-likeness (QED) is 0.657. The first-order valence-corrected chi connectivity index (χ1v) is 10.3. The van der Waals surface area contributed by atoms with Crippen LogP contribution >= 0.6 is 0 Å². The topological polar surface area (TPSA) is 9.23 Å². The number of rotatable bonds is 4. The Morgan fingerprint density at radius 3 is 1.88 bits per heavy atom. The summed E-state index contributed by atoms with van der Waals surface area (Å²) in [6, 6.07) is 0. The second-order valence-electron chi connectivity index (χ2n) is 7.15. The third-order valence-corrected chi connectivity index (χ3v) is 4.90. The molecule has 1 rings (SSSR count). The summed E-state index contributed by atoms with van der Waals surface area (Å²) in [6.45, 7) is 16.4. The van der Waals surface area contributed by atoms with Crippen molar-refractivity contribution >= 4 is 8.32 Å². The Labute approximate surface area is 103 Å². The average molecular weight is 242 g/mol. The molecule has 1 nitrogen and oxygen atoms in total. The maximum atomic E-state index is 6.39. The van der Waals surface area contributed by atoms with Gasteiger partial charge in [-0.3, -0.25) is 0 Å². The number of hydrogen-bond donors (Lipinski definition) is 0. The molecule has 2 heteroatoms. The molecule has 0 N–H and O–H groups in total. The van der Waals surface area contributed by atoms with Crippen molar-refractivity contribution < 1.29 is 4.43 Å². The third-order valence-electron chi connectivity index (χ3n) is 3.89. The van der Waals surface area contributed by atoms with Crippen molar-refractivity contribution in [2.24, 2.45) is 23.7 Å². The molecule has 1 fully saturated rings. The summed E-state index contributed by atoms with van der Waals surface area (Å²) in [6.07, 6.45) is 3.22. The van der Waals surface area contributed by atoms with Gasteiger partial charge in [-0.2, -0.15) is 0 Å². The standard InChI is InChI=1S/C14H30OSi/c1-10(2)12-8-13(11(3)4)14(9-12)15-16(5,6)7/h10-14H,8-9H2,1-7H3. The van der Waals surface area contributed by atoms with Gasteiger partial charge in [0.05, 0.1) is 0 Å². The molecule has 16 heavy (non-hydrogen) atoms. The van der Waals surface area contributed by atoms with Crippen molar-refractivity contribution in [1.82, 2.24) is 0 Å². The lowest BCUT2D eigenvalue weighted by atomic mass is 9.89. The molecule has 1 aliphatic carbocycles. The van der Waals surface area contributed by atoms with Gasteiger partial charge in [-0.05, 0) is 56.2 Å². The van der Waals surface area contributed by atoms with Crippen LogP contribution in [0.5, 0.6) is 0 Å². The SMILES string of the molecule is CC(C)C1CC(O[Si](C)(C)C)C(C(C)C)C1. The van der Waals surface area contributed by atoms with Gasteiger partial charge in [0.1, 0.15) is 0 Å². The fraction of sp³-hybridized carbons (Fsp3) is 1.00. The lowest BCUT2D eigenvalue weighted by Gasteiger charge is -2.29. The van der Waals surface area contributed by atoms with Crippen LogP contribution in [0.25, 0.3) is 0 Å². The third kappa shape index (κ3) is 3.88. The highest BCUT2D eigenvalue weighted by molar-refractivity contribution is 6.69. The van der Waals surface area contributed by atoms with Crippen molar-refractivity contribution in [1.29, 1.82) is 0 Å². The monoisotopic (exact) mass is 242 g/mol. The van der Waals surface area contributed by atoms with E-state index in [9.17, 15) is 0 Å². The van der Waals surface area contributed by atoms with Crippen LogP contribution in [0.2, 0.25) is 19.6 Å². The predicted molar refractivity (Wildman–Crippen MR) is 74.1 cm³/mol. The minimum Gasteiger partial charge on any atom is -0.414 e. The van der Waals surface area contributed by atoms with E-state index in [1.54, 1.807) is 0 Å². The van der Waals surface area contributed by atoms with Gasteiger partial charge in [-0.25, -0.2) is 0 Å². The highest BCUT2D eigenvalue weighted by Crippen LogP contribution is 2.42. The van der Waals surface area contributed by atoms with Crippen molar-refractivity contribution in [2.75, 3.05) is 0 Å². The van der Waals surface area contributed by atoms with Crippen molar-refractivity contribution in [2.45, 2.75) is 66.3 Å². The lowest BCUT2D eigenvalue weighted by molar-refractivity contribution is 0.124. The van der Waals surface area contributed by atoms with E-state index in [1.807, 2.05) is 0 Å². The Bertz CT molecular complexity index is 217. The largest absolute Gasteiger partial charge is 0.414 e. The second-order valence-corrected chi connectivity index (χ2v) is 11.6. The Morgan fingerprint density at radius 1 is 0.938 bits per heavy atom. The Hall–Kier alpha value is 0.177. The van der Waals surface area contributed by atoms with E-state index in [1.165, 1.54) is 12.8 Å². The molecule has 1 aliphatic rings. The molecule has 3 atom stereocenters. The van der Waals surface area contributed by atoms with Gasteiger partial charge in [-0.15, -0.1) is 0 Å². The molecule has 0 aromatic rings. The highest BCUT2D eigenvalue weighted by Gasteiger charge is 2.39. The van der Waals surface area contributed by atoms with E-state index in [2.05, 4.69) is 47.3 Å². The normalized spacial score (nSPS) is 31.7. The first-order valence-electron chi connectivity index (χ1n) is 6.88. The molecule has 0 aromatic carbocycles. The first-order chi connectivity index (χ1) is 7.20. The van der Waals surface area contributed by atoms with Gasteiger partial charge in [0.25, 0.3) is 0 Å². The Morgan fingerprint density at radius 2 is 1.50 bits per heavy atom. The summed E-state index contributed by atoms with van der Waals surface area (Å²) >= 11 is 0. The molecular formula is C14H30OSi. The van der Waals surface area contributed by atoms with E-state index >= 15 is 0 Å². The van der Waals surface area contributed by atoms with Gasteiger partial charge in [0.15, 0.2) is 8.32 Å². The molecular weight excluding hydrogens is 212 g/mol. The van der Waals surface area contributed by atoms with Crippen molar-refractivity contribution in [3.05, 3.63) is 0 Å². The van der Waals surface area contributed by atoms with Crippen LogP contribution < -0.4 is 0 Å². The van der Waals surface area contributed by atoms with Crippen LogP contribution in [0.15, 0.2) is 0 Å². The van der Waals surface area contributed by atoms with Crippen LogP contribution in [0.3, 0.4) is 0 Å². The van der Waals surface area contributed by atoms with Gasteiger partial charge >= 0.3 is 0 Å². The van der Waals surface area contributed by atoms with Gasteiger partial charge < -0.3 is 4.43 Å². The van der Waals surface area contributed by atoms with Crippen LogP contribution in [-0.2, 0) is 4.43 Å². The van der Waals surface area contributed by atoms with Crippen molar-refractivity contribution in [3.63, 3.8) is 0 Å². The predicted octanol–water partition coefficient (Wildman–Crippen LogP) is 4.54. The average Bonchev–Trinajstić information content (AvgIpc) is 2.44. The highest BCUT2D eigenvalue weighted by atomic mass is 28.4. The summed E-state index contributed by atoms with van der Waals surface area (Å²) in [4.78, 5) is 0. The molecule has 0 heterocycles.